The SMILES string of the molecule is O=c1cc(-c2cc(O)c(O)c(O[C@@H]3OC[C@@H](O)C(O)C3O)c2)oc2cc(O)cc(O)c12. The van der Waals surface area contributed by atoms with E-state index in [1.54, 1.807) is 0 Å². The Balaban J connectivity index is 1.76. The number of aliphatic hydroxyl groups excluding tert-OH is 3. The number of hydrogen-bond donors (Lipinski definition) is 7. The second-order valence-corrected chi connectivity index (χ2v) is 7.02. The molecule has 1 saturated heterocycles. The van der Waals surface area contributed by atoms with E-state index in [-0.39, 0.29) is 40.4 Å². The first kappa shape index (κ1) is 20.8. The van der Waals surface area contributed by atoms with Crippen LogP contribution in [0.5, 0.6) is 28.7 Å². The van der Waals surface area contributed by atoms with Crippen LogP contribution in [0.15, 0.2) is 39.5 Å². The van der Waals surface area contributed by atoms with Crippen molar-refractivity contribution in [1.82, 2.24) is 0 Å². The quantitative estimate of drug-likeness (QED) is 0.277. The number of rotatable bonds is 3. The fraction of sp³-hybridized carbons (Fsp3) is 0.250. The van der Waals surface area contributed by atoms with Crippen LogP contribution in [0.3, 0.4) is 0 Å². The van der Waals surface area contributed by atoms with Crippen molar-refractivity contribution < 1.29 is 49.6 Å². The number of benzene rings is 2. The number of hydrogen-bond acceptors (Lipinski definition) is 11. The van der Waals surface area contributed by atoms with Crippen molar-refractivity contribution in [2.24, 2.45) is 0 Å². The van der Waals surface area contributed by atoms with Gasteiger partial charge >= 0.3 is 0 Å². The maximum atomic E-state index is 12.4. The number of phenolic OH excluding ortho intramolecular Hbond substituents is 4. The zero-order valence-electron chi connectivity index (χ0n) is 15.7. The van der Waals surface area contributed by atoms with Gasteiger partial charge in [0.25, 0.3) is 0 Å². The molecule has 164 valence electrons. The fourth-order valence-electron chi connectivity index (χ4n) is 3.23. The Labute approximate surface area is 173 Å². The highest BCUT2D eigenvalue weighted by Crippen LogP contribution is 2.41. The third-order valence-corrected chi connectivity index (χ3v) is 4.83. The molecule has 1 aliphatic rings. The highest BCUT2D eigenvalue weighted by Gasteiger charge is 2.39. The molecule has 2 unspecified atom stereocenters. The number of fused-ring (bicyclic) bond motifs is 1. The normalized spacial score (nSPS) is 23.7. The molecule has 1 aliphatic heterocycles. The van der Waals surface area contributed by atoms with Crippen LogP contribution >= 0.6 is 0 Å². The molecule has 1 aromatic heterocycles. The van der Waals surface area contributed by atoms with Crippen molar-refractivity contribution >= 4 is 11.0 Å². The molecular formula is C20H18O11. The first-order valence-electron chi connectivity index (χ1n) is 9.04. The van der Waals surface area contributed by atoms with Crippen LogP contribution < -0.4 is 10.2 Å². The summed E-state index contributed by atoms with van der Waals surface area (Å²) < 4.78 is 16.0. The van der Waals surface area contributed by atoms with Crippen molar-refractivity contribution in [3.05, 3.63) is 40.6 Å². The van der Waals surface area contributed by atoms with Gasteiger partial charge in [0.05, 0.1) is 6.61 Å². The highest BCUT2D eigenvalue weighted by molar-refractivity contribution is 5.86. The van der Waals surface area contributed by atoms with E-state index in [0.29, 0.717) is 0 Å². The van der Waals surface area contributed by atoms with E-state index in [9.17, 15) is 40.5 Å². The Morgan fingerprint density at radius 3 is 2.39 bits per heavy atom. The Morgan fingerprint density at radius 2 is 1.65 bits per heavy atom. The minimum atomic E-state index is -1.65. The van der Waals surface area contributed by atoms with Crippen LogP contribution in [0.2, 0.25) is 0 Å². The second-order valence-electron chi connectivity index (χ2n) is 7.02. The summed E-state index contributed by atoms with van der Waals surface area (Å²) >= 11 is 0. The van der Waals surface area contributed by atoms with Gasteiger partial charge in [0.2, 0.25) is 12.0 Å². The third-order valence-electron chi connectivity index (χ3n) is 4.83. The molecule has 0 bridgehead atoms. The van der Waals surface area contributed by atoms with Crippen molar-refractivity contribution in [3.8, 4) is 40.1 Å². The molecule has 4 rings (SSSR count). The minimum Gasteiger partial charge on any atom is -0.508 e. The molecule has 2 aromatic carbocycles. The van der Waals surface area contributed by atoms with Gasteiger partial charge in [-0.1, -0.05) is 0 Å². The molecule has 3 aromatic rings. The lowest BCUT2D eigenvalue weighted by atomic mass is 10.1. The summed E-state index contributed by atoms with van der Waals surface area (Å²) in [4.78, 5) is 12.4. The Bertz CT molecular complexity index is 1200. The summed E-state index contributed by atoms with van der Waals surface area (Å²) in [5, 5.41) is 68.9. The Hall–Kier alpha value is -3.51. The van der Waals surface area contributed by atoms with Gasteiger partial charge in [-0.05, 0) is 12.1 Å². The molecule has 11 heteroatoms. The van der Waals surface area contributed by atoms with Gasteiger partial charge in [-0.3, -0.25) is 4.79 Å². The first-order chi connectivity index (χ1) is 14.7. The van der Waals surface area contributed by atoms with Crippen LogP contribution in [-0.2, 0) is 4.74 Å². The van der Waals surface area contributed by atoms with Crippen LogP contribution in [-0.4, -0.2) is 67.0 Å². The van der Waals surface area contributed by atoms with E-state index < -0.39 is 47.3 Å². The van der Waals surface area contributed by atoms with Crippen LogP contribution in [0.25, 0.3) is 22.3 Å². The second kappa shape index (κ2) is 7.63. The third kappa shape index (κ3) is 3.70. The van der Waals surface area contributed by atoms with Gasteiger partial charge in [0.1, 0.15) is 46.5 Å². The number of aromatic hydroxyl groups is 4. The van der Waals surface area contributed by atoms with Gasteiger partial charge in [-0.15, -0.1) is 0 Å². The van der Waals surface area contributed by atoms with Gasteiger partial charge < -0.3 is 49.6 Å². The summed E-state index contributed by atoms with van der Waals surface area (Å²) in [7, 11) is 0. The average molecular weight is 434 g/mol. The Kier molecular flexibility index (Phi) is 5.11. The van der Waals surface area contributed by atoms with E-state index in [1.807, 2.05) is 0 Å². The average Bonchev–Trinajstić information content (AvgIpc) is 2.70. The van der Waals surface area contributed by atoms with Crippen LogP contribution in [0.4, 0.5) is 0 Å². The fourth-order valence-corrected chi connectivity index (χ4v) is 3.23. The van der Waals surface area contributed by atoms with E-state index >= 15 is 0 Å². The molecule has 31 heavy (non-hydrogen) atoms. The first-order valence-corrected chi connectivity index (χ1v) is 9.04. The predicted molar refractivity (Wildman–Crippen MR) is 103 cm³/mol. The summed E-state index contributed by atoms with van der Waals surface area (Å²) in [5.41, 5.74) is -0.692. The van der Waals surface area contributed by atoms with Crippen molar-refractivity contribution in [1.29, 1.82) is 0 Å². The number of aliphatic hydroxyl groups is 3. The molecule has 7 N–H and O–H groups in total. The minimum absolute atomic E-state index is 0.0676. The topological polar surface area (TPSA) is 190 Å². The molecule has 0 amide bonds. The van der Waals surface area contributed by atoms with E-state index in [2.05, 4.69) is 0 Å². The molecular weight excluding hydrogens is 416 g/mol. The molecule has 0 aliphatic carbocycles. The summed E-state index contributed by atoms with van der Waals surface area (Å²) in [6, 6.07) is 5.39. The molecule has 4 atom stereocenters. The predicted octanol–water partition coefficient (Wildman–Crippen LogP) is 0.100. The Morgan fingerprint density at radius 1 is 0.903 bits per heavy atom. The zero-order chi connectivity index (χ0) is 22.4. The van der Waals surface area contributed by atoms with Gasteiger partial charge in [0.15, 0.2) is 16.9 Å². The number of ether oxygens (including phenoxy) is 2. The molecule has 1 fully saturated rings. The maximum absolute atomic E-state index is 12.4. The summed E-state index contributed by atoms with van der Waals surface area (Å²) in [6.45, 7) is -0.345. The zero-order valence-corrected chi connectivity index (χ0v) is 15.7. The molecule has 0 radical (unpaired) electrons. The standard InChI is InChI=1S/C20H18O11/c21-8-3-9(22)16-10(23)5-13(30-14(16)4-8)7-1-11(24)17(26)15(2-7)31-20-19(28)18(27)12(25)6-29-20/h1-5,12,18-22,24-28H,6H2/t12-,18?,19?,20+/m1/s1. The van der Waals surface area contributed by atoms with Crippen molar-refractivity contribution in [2.45, 2.75) is 24.6 Å². The van der Waals surface area contributed by atoms with Crippen LogP contribution in [0, 0.1) is 0 Å². The summed E-state index contributed by atoms with van der Waals surface area (Å²) in [6.07, 6.45) is -6.02. The molecule has 11 nitrogen and oxygen atoms in total. The van der Waals surface area contributed by atoms with E-state index in [4.69, 9.17) is 13.9 Å². The van der Waals surface area contributed by atoms with Crippen LogP contribution in [0.1, 0.15) is 0 Å². The number of phenols is 4. The van der Waals surface area contributed by atoms with Crippen molar-refractivity contribution in [3.63, 3.8) is 0 Å². The molecule has 0 spiro atoms. The van der Waals surface area contributed by atoms with Gasteiger partial charge in [-0.25, -0.2) is 0 Å². The molecule has 2 heterocycles. The monoisotopic (exact) mass is 434 g/mol. The smallest absolute Gasteiger partial charge is 0.229 e. The largest absolute Gasteiger partial charge is 0.508 e. The van der Waals surface area contributed by atoms with Gasteiger partial charge in [0, 0.05) is 23.8 Å². The lowest BCUT2D eigenvalue weighted by molar-refractivity contribution is -0.242. The highest BCUT2D eigenvalue weighted by atomic mass is 16.7. The van der Waals surface area contributed by atoms with E-state index in [0.717, 1.165) is 24.3 Å². The lowest BCUT2D eigenvalue weighted by Crippen LogP contribution is -2.54. The maximum Gasteiger partial charge on any atom is 0.229 e. The van der Waals surface area contributed by atoms with Gasteiger partial charge in [-0.2, -0.15) is 0 Å². The molecule has 0 saturated carbocycles. The van der Waals surface area contributed by atoms with E-state index in [1.165, 1.54) is 6.07 Å². The lowest BCUT2D eigenvalue weighted by Gasteiger charge is -2.35. The summed E-state index contributed by atoms with van der Waals surface area (Å²) in [5.74, 6) is -2.64. The van der Waals surface area contributed by atoms with Crippen molar-refractivity contribution in [2.75, 3.05) is 6.61 Å².